The van der Waals surface area contributed by atoms with Gasteiger partial charge in [-0.1, -0.05) is 42.5 Å². The van der Waals surface area contributed by atoms with Gasteiger partial charge in [0.1, 0.15) is 5.82 Å². The third-order valence-corrected chi connectivity index (χ3v) is 3.62. The maximum Gasteiger partial charge on any atom is 0.140 e. The molecule has 0 amide bonds. The second kappa shape index (κ2) is 5.37. The third kappa shape index (κ3) is 2.33. The zero-order chi connectivity index (χ0) is 14.8. The molecule has 1 heterocycles. The predicted molar refractivity (Wildman–Crippen MR) is 91.3 cm³/mol. The van der Waals surface area contributed by atoms with Gasteiger partial charge >= 0.3 is 0 Å². The molecule has 1 aromatic heterocycles. The Morgan fingerprint density at radius 1 is 0.727 bits per heavy atom. The summed E-state index contributed by atoms with van der Waals surface area (Å²) in [4.78, 5) is 8.08. The monoisotopic (exact) mass is 285 g/mol. The van der Waals surface area contributed by atoms with E-state index in [1.54, 1.807) is 0 Å². The molecule has 0 fully saturated rings. The standard InChI is InChI=1S/C19H15N3/c1-2-8-14(9-3-1)20-16-11-5-4-10-15(16)19-21-17-12-6-7-13-18(17)22-19/h1-13,20H,(H,21,22). The molecule has 0 aliphatic rings. The first-order chi connectivity index (χ1) is 10.9. The topological polar surface area (TPSA) is 40.7 Å². The summed E-state index contributed by atoms with van der Waals surface area (Å²) in [6.07, 6.45) is 0. The van der Waals surface area contributed by atoms with Crippen molar-refractivity contribution in [1.82, 2.24) is 9.97 Å². The molecule has 0 unspecified atom stereocenters. The van der Waals surface area contributed by atoms with Gasteiger partial charge in [-0.2, -0.15) is 0 Å². The molecule has 0 saturated heterocycles. The molecule has 4 aromatic rings. The number of hydrogen-bond acceptors (Lipinski definition) is 2. The fourth-order valence-corrected chi connectivity index (χ4v) is 2.56. The second-order valence-electron chi connectivity index (χ2n) is 5.14. The summed E-state index contributed by atoms with van der Waals surface area (Å²) in [6.45, 7) is 0. The van der Waals surface area contributed by atoms with Crippen molar-refractivity contribution in [3.8, 4) is 11.4 Å². The number of H-pyrrole nitrogens is 1. The van der Waals surface area contributed by atoms with Crippen LogP contribution in [-0.4, -0.2) is 9.97 Å². The lowest BCUT2D eigenvalue weighted by Crippen LogP contribution is -1.93. The fourth-order valence-electron chi connectivity index (χ4n) is 2.56. The molecule has 0 aliphatic heterocycles. The van der Waals surface area contributed by atoms with Crippen LogP contribution in [-0.2, 0) is 0 Å². The number of aromatic nitrogens is 2. The smallest absolute Gasteiger partial charge is 0.140 e. The van der Waals surface area contributed by atoms with Crippen LogP contribution in [0.4, 0.5) is 11.4 Å². The molecule has 0 bridgehead atoms. The lowest BCUT2D eigenvalue weighted by Gasteiger charge is -2.10. The van der Waals surface area contributed by atoms with E-state index in [4.69, 9.17) is 0 Å². The Hall–Kier alpha value is -3.07. The van der Waals surface area contributed by atoms with Gasteiger partial charge in [0.25, 0.3) is 0 Å². The van der Waals surface area contributed by atoms with Gasteiger partial charge < -0.3 is 10.3 Å². The number of nitrogens with zero attached hydrogens (tertiary/aromatic N) is 1. The zero-order valence-electron chi connectivity index (χ0n) is 12.0. The zero-order valence-corrected chi connectivity index (χ0v) is 12.0. The molecule has 3 nitrogen and oxygen atoms in total. The number of benzene rings is 3. The minimum Gasteiger partial charge on any atom is -0.355 e. The van der Waals surface area contributed by atoms with E-state index in [0.717, 1.165) is 33.8 Å². The number of nitrogens with one attached hydrogen (secondary N) is 2. The van der Waals surface area contributed by atoms with Crippen LogP contribution in [0.15, 0.2) is 78.9 Å². The van der Waals surface area contributed by atoms with Crippen molar-refractivity contribution in [2.45, 2.75) is 0 Å². The van der Waals surface area contributed by atoms with Crippen LogP contribution in [0.5, 0.6) is 0 Å². The lowest BCUT2D eigenvalue weighted by atomic mass is 10.1. The fraction of sp³-hybridized carbons (Fsp3) is 0. The van der Waals surface area contributed by atoms with Crippen molar-refractivity contribution in [3.05, 3.63) is 78.9 Å². The highest BCUT2D eigenvalue weighted by molar-refractivity contribution is 5.84. The first-order valence-corrected chi connectivity index (χ1v) is 7.26. The largest absolute Gasteiger partial charge is 0.355 e. The first kappa shape index (κ1) is 12.7. The molecular weight excluding hydrogens is 270 g/mol. The Labute approximate surface area is 128 Å². The van der Waals surface area contributed by atoms with Gasteiger partial charge in [-0.15, -0.1) is 0 Å². The number of rotatable bonds is 3. The number of aromatic amines is 1. The van der Waals surface area contributed by atoms with Crippen molar-refractivity contribution in [2.75, 3.05) is 5.32 Å². The van der Waals surface area contributed by atoms with E-state index >= 15 is 0 Å². The summed E-state index contributed by atoms with van der Waals surface area (Å²) in [5, 5.41) is 3.46. The SMILES string of the molecule is c1ccc(Nc2ccccc2-c2nc3ccccc3[nH]2)cc1. The predicted octanol–water partition coefficient (Wildman–Crippen LogP) is 4.97. The van der Waals surface area contributed by atoms with Gasteiger partial charge in [0, 0.05) is 16.9 Å². The van der Waals surface area contributed by atoms with Gasteiger partial charge in [0.2, 0.25) is 0 Å². The molecule has 0 spiro atoms. The number of imidazole rings is 1. The molecule has 0 radical (unpaired) electrons. The minimum absolute atomic E-state index is 0.875. The first-order valence-electron chi connectivity index (χ1n) is 7.26. The second-order valence-corrected chi connectivity index (χ2v) is 5.14. The molecule has 22 heavy (non-hydrogen) atoms. The summed E-state index contributed by atoms with van der Waals surface area (Å²) in [7, 11) is 0. The van der Waals surface area contributed by atoms with E-state index in [2.05, 4.69) is 39.6 Å². The summed E-state index contributed by atoms with van der Waals surface area (Å²) in [5.41, 5.74) is 5.18. The maximum absolute atomic E-state index is 4.69. The highest BCUT2D eigenvalue weighted by Crippen LogP contribution is 2.29. The number of hydrogen-bond donors (Lipinski definition) is 2. The highest BCUT2D eigenvalue weighted by Gasteiger charge is 2.09. The summed E-state index contributed by atoms with van der Waals surface area (Å²) < 4.78 is 0. The van der Waals surface area contributed by atoms with Crippen LogP contribution in [0, 0.1) is 0 Å². The summed E-state index contributed by atoms with van der Waals surface area (Å²) in [5.74, 6) is 0.875. The average molecular weight is 285 g/mol. The Balaban J connectivity index is 1.78. The van der Waals surface area contributed by atoms with Gasteiger partial charge in [-0.25, -0.2) is 4.98 Å². The normalized spacial score (nSPS) is 10.7. The van der Waals surface area contributed by atoms with Crippen LogP contribution in [0.1, 0.15) is 0 Å². The van der Waals surface area contributed by atoms with Gasteiger partial charge in [-0.05, 0) is 36.4 Å². The van der Waals surface area contributed by atoms with Gasteiger partial charge in [0.05, 0.1) is 11.0 Å². The lowest BCUT2D eigenvalue weighted by molar-refractivity contribution is 1.33. The molecule has 0 aliphatic carbocycles. The average Bonchev–Trinajstić information content (AvgIpc) is 3.00. The van der Waals surface area contributed by atoms with E-state index in [9.17, 15) is 0 Å². The molecule has 4 rings (SSSR count). The molecule has 3 heteroatoms. The van der Waals surface area contributed by atoms with Gasteiger partial charge in [-0.3, -0.25) is 0 Å². The minimum atomic E-state index is 0.875. The Morgan fingerprint density at radius 2 is 1.45 bits per heavy atom. The van der Waals surface area contributed by atoms with Crippen molar-refractivity contribution < 1.29 is 0 Å². The van der Waals surface area contributed by atoms with E-state index in [-0.39, 0.29) is 0 Å². The van der Waals surface area contributed by atoms with Crippen molar-refractivity contribution in [3.63, 3.8) is 0 Å². The van der Waals surface area contributed by atoms with Crippen LogP contribution >= 0.6 is 0 Å². The highest BCUT2D eigenvalue weighted by atomic mass is 14.9. The molecular formula is C19H15N3. The van der Waals surface area contributed by atoms with E-state index in [1.807, 2.05) is 54.6 Å². The van der Waals surface area contributed by atoms with Crippen LogP contribution in [0.2, 0.25) is 0 Å². The number of anilines is 2. The number of para-hydroxylation sites is 4. The van der Waals surface area contributed by atoms with Crippen LogP contribution in [0.25, 0.3) is 22.4 Å². The summed E-state index contributed by atoms with van der Waals surface area (Å²) >= 11 is 0. The molecule has 106 valence electrons. The number of fused-ring (bicyclic) bond motifs is 1. The third-order valence-electron chi connectivity index (χ3n) is 3.62. The Bertz CT molecular complexity index is 877. The van der Waals surface area contributed by atoms with E-state index in [0.29, 0.717) is 0 Å². The van der Waals surface area contributed by atoms with E-state index < -0.39 is 0 Å². The summed E-state index contributed by atoms with van der Waals surface area (Å²) in [6, 6.07) is 26.4. The van der Waals surface area contributed by atoms with Crippen molar-refractivity contribution >= 4 is 22.4 Å². The van der Waals surface area contributed by atoms with Crippen molar-refractivity contribution in [2.24, 2.45) is 0 Å². The van der Waals surface area contributed by atoms with E-state index in [1.165, 1.54) is 0 Å². The van der Waals surface area contributed by atoms with Gasteiger partial charge in [0.15, 0.2) is 0 Å². The van der Waals surface area contributed by atoms with Crippen LogP contribution in [0.3, 0.4) is 0 Å². The van der Waals surface area contributed by atoms with Crippen LogP contribution < -0.4 is 5.32 Å². The maximum atomic E-state index is 4.69. The molecule has 0 saturated carbocycles. The molecule has 2 N–H and O–H groups in total. The van der Waals surface area contributed by atoms with Crippen molar-refractivity contribution in [1.29, 1.82) is 0 Å². The quantitative estimate of drug-likeness (QED) is 0.557. The molecule has 3 aromatic carbocycles. The molecule has 0 atom stereocenters. The Morgan fingerprint density at radius 3 is 2.32 bits per heavy atom. The Kier molecular flexibility index (Phi) is 3.09.